The maximum Gasteiger partial charge on any atom is 0.153 e. The lowest BCUT2D eigenvalue weighted by molar-refractivity contribution is -0.112. The second kappa shape index (κ2) is 6.25. The molecule has 0 heterocycles. The summed E-state index contributed by atoms with van der Waals surface area (Å²) in [5, 5.41) is 9.78. The fraction of sp³-hybridized carbons (Fsp3) is 0.727. The van der Waals surface area contributed by atoms with Crippen molar-refractivity contribution in [2.75, 3.05) is 5.75 Å². The number of carbonyl (C=O) groups is 1. The van der Waals surface area contributed by atoms with Gasteiger partial charge >= 0.3 is 0 Å². The van der Waals surface area contributed by atoms with Crippen LogP contribution in [0.3, 0.4) is 0 Å². The Bertz CT molecular complexity index is 214. The predicted molar refractivity (Wildman–Crippen MR) is 62.4 cm³/mol. The zero-order chi connectivity index (χ0) is 11.2. The highest BCUT2D eigenvalue weighted by Gasteiger charge is 2.19. The Morgan fingerprint density at radius 3 is 2.43 bits per heavy atom. The first-order valence-electron chi connectivity index (χ1n) is 4.95. The van der Waals surface area contributed by atoms with Gasteiger partial charge in [-0.25, -0.2) is 0 Å². The number of aliphatic hydroxyl groups is 1. The smallest absolute Gasteiger partial charge is 0.153 e. The monoisotopic (exact) mass is 216 g/mol. The zero-order valence-corrected chi connectivity index (χ0v) is 10.3. The Labute approximate surface area is 90.8 Å². The van der Waals surface area contributed by atoms with Gasteiger partial charge in [-0.3, -0.25) is 4.79 Å². The molecule has 0 unspecified atom stereocenters. The first kappa shape index (κ1) is 13.7. The van der Waals surface area contributed by atoms with Crippen LogP contribution in [0.5, 0.6) is 0 Å². The third-order valence-corrected chi connectivity index (χ3v) is 3.11. The highest BCUT2D eigenvalue weighted by atomic mass is 32.2. The molecule has 14 heavy (non-hydrogen) atoms. The van der Waals surface area contributed by atoms with Crippen LogP contribution in [0.2, 0.25) is 0 Å². The second-order valence-corrected chi connectivity index (χ2v) is 5.02. The number of unbranched alkanes of at least 4 members (excludes halogenated alkanes) is 1. The van der Waals surface area contributed by atoms with Crippen LogP contribution in [-0.2, 0) is 4.79 Å². The number of ketones is 1. The van der Waals surface area contributed by atoms with Gasteiger partial charge in [-0.15, -0.1) is 11.8 Å². The summed E-state index contributed by atoms with van der Waals surface area (Å²) in [5.74, 6) is 0.950. The standard InChI is InChI=1S/C11H20O2S/c1-5-6-7-14-10(8-9(2)12)11(3,4)13/h8,13H,5-7H2,1-4H3. The van der Waals surface area contributed by atoms with E-state index < -0.39 is 5.60 Å². The van der Waals surface area contributed by atoms with E-state index in [1.165, 1.54) is 13.0 Å². The molecule has 0 saturated carbocycles. The van der Waals surface area contributed by atoms with Crippen LogP contribution < -0.4 is 0 Å². The molecule has 1 N–H and O–H groups in total. The first-order valence-corrected chi connectivity index (χ1v) is 5.94. The molecule has 0 aliphatic rings. The lowest BCUT2D eigenvalue weighted by Gasteiger charge is -2.20. The van der Waals surface area contributed by atoms with Crippen LogP contribution in [0.1, 0.15) is 40.5 Å². The third-order valence-electron chi connectivity index (χ3n) is 1.69. The van der Waals surface area contributed by atoms with Crippen molar-refractivity contribution in [3.05, 3.63) is 11.0 Å². The molecule has 0 aromatic rings. The molecule has 0 spiro atoms. The van der Waals surface area contributed by atoms with Gasteiger partial charge < -0.3 is 5.11 Å². The van der Waals surface area contributed by atoms with Gasteiger partial charge in [0.2, 0.25) is 0 Å². The van der Waals surface area contributed by atoms with Crippen LogP contribution in [0.4, 0.5) is 0 Å². The third kappa shape index (κ3) is 6.22. The van der Waals surface area contributed by atoms with Gasteiger partial charge in [0, 0.05) is 4.91 Å². The first-order chi connectivity index (χ1) is 6.38. The van der Waals surface area contributed by atoms with E-state index in [4.69, 9.17) is 0 Å². The molecule has 82 valence electrons. The minimum atomic E-state index is -0.899. The Kier molecular flexibility index (Phi) is 6.12. The highest BCUT2D eigenvalue weighted by Crippen LogP contribution is 2.28. The SMILES string of the molecule is CCCCSC(=CC(C)=O)C(C)(C)O. The average Bonchev–Trinajstić information content (AvgIpc) is 2.00. The number of thioether (sulfide) groups is 1. The van der Waals surface area contributed by atoms with E-state index in [1.807, 2.05) is 0 Å². The molecule has 0 bridgehead atoms. The van der Waals surface area contributed by atoms with Crippen molar-refractivity contribution >= 4 is 17.5 Å². The minimum absolute atomic E-state index is 0.00822. The molecular weight excluding hydrogens is 196 g/mol. The van der Waals surface area contributed by atoms with Crippen LogP contribution in [0, 0.1) is 0 Å². The summed E-state index contributed by atoms with van der Waals surface area (Å²) in [5.41, 5.74) is -0.899. The van der Waals surface area contributed by atoms with Gasteiger partial charge in [-0.1, -0.05) is 13.3 Å². The summed E-state index contributed by atoms with van der Waals surface area (Å²) in [6, 6.07) is 0. The van der Waals surface area contributed by atoms with Crippen molar-refractivity contribution in [2.24, 2.45) is 0 Å². The molecule has 0 saturated heterocycles. The summed E-state index contributed by atoms with van der Waals surface area (Å²) in [4.78, 5) is 11.7. The number of allylic oxidation sites excluding steroid dienone is 1. The van der Waals surface area contributed by atoms with Crippen molar-refractivity contribution in [1.82, 2.24) is 0 Å². The van der Waals surface area contributed by atoms with Crippen LogP contribution in [-0.4, -0.2) is 22.2 Å². The Hall–Kier alpha value is -0.280. The molecule has 0 atom stereocenters. The number of carbonyl (C=O) groups excluding carboxylic acids is 1. The predicted octanol–water partition coefficient (Wildman–Crippen LogP) is 2.76. The number of hydrogen-bond acceptors (Lipinski definition) is 3. The summed E-state index contributed by atoms with van der Waals surface area (Å²) >= 11 is 1.57. The van der Waals surface area contributed by atoms with Gasteiger partial charge in [-0.05, 0) is 39.0 Å². The van der Waals surface area contributed by atoms with Gasteiger partial charge in [0.1, 0.15) is 0 Å². The number of rotatable bonds is 6. The van der Waals surface area contributed by atoms with E-state index >= 15 is 0 Å². The molecule has 3 heteroatoms. The molecule has 0 aromatic carbocycles. The Morgan fingerprint density at radius 2 is 2.07 bits per heavy atom. The summed E-state index contributed by atoms with van der Waals surface area (Å²) < 4.78 is 0. The topological polar surface area (TPSA) is 37.3 Å². The van der Waals surface area contributed by atoms with Crippen molar-refractivity contribution in [1.29, 1.82) is 0 Å². The molecule has 2 nitrogen and oxygen atoms in total. The van der Waals surface area contributed by atoms with Crippen molar-refractivity contribution in [3.8, 4) is 0 Å². The van der Waals surface area contributed by atoms with Crippen molar-refractivity contribution in [3.63, 3.8) is 0 Å². The average molecular weight is 216 g/mol. The van der Waals surface area contributed by atoms with E-state index in [-0.39, 0.29) is 5.78 Å². The van der Waals surface area contributed by atoms with Crippen LogP contribution in [0.15, 0.2) is 11.0 Å². The molecule has 0 fully saturated rings. The maximum atomic E-state index is 10.9. The summed E-state index contributed by atoms with van der Waals surface area (Å²) in [6.45, 7) is 7.05. The quantitative estimate of drug-likeness (QED) is 0.548. The molecule has 0 rings (SSSR count). The van der Waals surface area contributed by atoms with E-state index in [0.29, 0.717) is 0 Å². The fourth-order valence-electron chi connectivity index (χ4n) is 0.906. The number of hydrogen-bond donors (Lipinski definition) is 1. The largest absolute Gasteiger partial charge is 0.385 e. The molecule has 0 aromatic heterocycles. The molecule has 0 radical (unpaired) electrons. The van der Waals surface area contributed by atoms with Gasteiger partial charge in [0.15, 0.2) is 5.78 Å². The van der Waals surface area contributed by atoms with Crippen molar-refractivity contribution < 1.29 is 9.90 Å². The van der Waals surface area contributed by atoms with E-state index in [9.17, 15) is 9.90 Å². The van der Waals surface area contributed by atoms with Gasteiger partial charge in [0.05, 0.1) is 5.60 Å². The maximum absolute atomic E-state index is 10.9. The lowest BCUT2D eigenvalue weighted by Crippen LogP contribution is -2.21. The van der Waals surface area contributed by atoms with Crippen LogP contribution in [0.25, 0.3) is 0 Å². The van der Waals surface area contributed by atoms with Crippen molar-refractivity contribution in [2.45, 2.75) is 46.1 Å². The Morgan fingerprint density at radius 1 is 1.50 bits per heavy atom. The molecule has 0 aliphatic carbocycles. The molecule has 0 amide bonds. The van der Waals surface area contributed by atoms with E-state index in [2.05, 4.69) is 6.92 Å². The molecular formula is C11H20O2S. The van der Waals surface area contributed by atoms with E-state index in [1.54, 1.807) is 25.6 Å². The second-order valence-electron chi connectivity index (χ2n) is 3.88. The normalized spacial score (nSPS) is 13.1. The Balaban J connectivity index is 4.35. The molecule has 0 aliphatic heterocycles. The fourth-order valence-corrected chi connectivity index (χ4v) is 2.16. The van der Waals surface area contributed by atoms with E-state index in [0.717, 1.165) is 23.5 Å². The van der Waals surface area contributed by atoms with Crippen LogP contribution >= 0.6 is 11.8 Å². The summed E-state index contributed by atoms with van der Waals surface area (Å²) in [7, 11) is 0. The highest BCUT2D eigenvalue weighted by molar-refractivity contribution is 8.03. The van der Waals surface area contributed by atoms with Gasteiger partial charge in [0.25, 0.3) is 0 Å². The zero-order valence-electron chi connectivity index (χ0n) is 9.46. The van der Waals surface area contributed by atoms with Gasteiger partial charge in [-0.2, -0.15) is 0 Å². The summed E-state index contributed by atoms with van der Waals surface area (Å²) in [6.07, 6.45) is 3.77. The lowest BCUT2D eigenvalue weighted by atomic mass is 10.1. The minimum Gasteiger partial charge on any atom is -0.385 e.